The first-order valence-electron chi connectivity index (χ1n) is 33.1. The van der Waals surface area contributed by atoms with Gasteiger partial charge in [-0.25, -0.2) is 0 Å². The van der Waals surface area contributed by atoms with Gasteiger partial charge in [-0.2, -0.15) is 0 Å². The van der Waals surface area contributed by atoms with Gasteiger partial charge in [0.05, 0.1) is 0 Å². The van der Waals surface area contributed by atoms with E-state index in [1.54, 1.807) is 0 Å². The zero-order valence-corrected chi connectivity index (χ0v) is 54.4. The lowest BCUT2D eigenvalue weighted by Crippen LogP contribution is -2.47. The third-order valence-electron chi connectivity index (χ3n) is 28.4. The molecule has 24 unspecified atom stereocenters. The van der Waals surface area contributed by atoms with Crippen LogP contribution in [-0.4, -0.2) is 0 Å². The minimum Gasteiger partial charge on any atom is -0.0846 e. The third kappa shape index (κ3) is 14.3. The summed E-state index contributed by atoms with van der Waals surface area (Å²) in [6.07, 6.45) is 16.7. The molecule has 0 aromatic heterocycles. The van der Waals surface area contributed by atoms with Gasteiger partial charge in [-0.15, -0.1) is 0 Å². The summed E-state index contributed by atoms with van der Waals surface area (Å²) in [6.45, 7) is 67.5. The predicted molar refractivity (Wildman–Crippen MR) is 324 cm³/mol. The van der Waals surface area contributed by atoms with Gasteiger partial charge >= 0.3 is 0 Å². The molecule has 6 bridgehead atoms. The zero-order chi connectivity index (χ0) is 54.7. The highest BCUT2D eigenvalue weighted by molar-refractivity contribution is 5.12. The van der Waals surface area contributed by atoms with Crippen molar-refractivity contribution in [3.8, 4) is 0 Å². The van der Waals surface area contributed by atoms with Gasteiger partial charge in [-0.05, 0) is 246 Å². The van der Waals surface area contributed by atoms with Crippen LogP contribution >= 0.6 is 0 Å². The van der Waals surface area contributed by atoms with E-state index in [2.05, 4.69) is 206 Å². The molecule has 10 fully saturated rings. The highest BCUT2D eigenvalue weighted by atomic mass is 14.6. The standard InChI is InChI=1S/C12H22.C12H20.C11H20.2C10H20.C9H18.C8H16/c2*1-7-8(2)12-6-5-11(7)9(3)10(12)4;1-6-7(2)11-5-10(6)8(3)9(11)4;1-7-5-9(3)10(4)6-8(7)2;1-5-10-8(3)6-7(2)9(10)4;1-6-5-7(2)9(4)8(6)3;1-5-6(2)8(4)7(5)3/h7-12H,5-6H2,1-4H3;5-12H,1-4H3;6-11H,5H2,1-4H3;2*7-10H,5-6H2,1-4H3;6-9H,5H2,1-4H3;5-8H,1-4H3. The first kappa shape index (κ1) is 64.3. The van der Waals surface area contributed by atoms with Crippen LogP contribution in [0, 0.1) is 201 Å². The molecule has 0 aliphatic heterocycles. The number of allylic oxidation sites excluding steroid dienone is 2. The van der Waals surface area contributed by atoms with Crippen LogP contribution in [0.5, 0.6) is 0 Å². The molecule has 0 spiro atoms. The van der Waals surface area contributed by atoms with E-state index in [0.29, 0.717) is 0 Å². The second-order valence-electron chi connectivity index (χ2n) is 31.2. The Labute approximate surface area is 456 Å². The van der Waals surface area contributed by atoms with Gasteiger partial charge in [-0.3, -0.25) is 0 Å². The van der Waals surface area contributed by atoms with Crippen LogP contribution in [0.25, 0.3) is 0 Å². The number of hydrogen-bond acceptors (Lipinski definition) is 0. The summed E-state index contributed by atoms with van der Waals surface area (Å²) in [6, 6.07) is 0. The maximum atomic E-state index is 2.48. The van der Waals surface area contributed by atoms with Gasteiger partial charge in [0.15, 0.2) is 0 Å². The maximum Gasteiger partial charge on any atom is -0.0176 e. The Kier molecular flexibility index (Phi) is 24.6. The fourth-order valence-electron chi connectivity index (χ4n) is 19.6. The molecule has 0 radical (unpaired) electrons. The summed E-state index contributed by atoms with van der Waals surface area (Å²) in [5.74, 6) is 33.1. The smallest absolute Gasteiger partial charge is 0.0176 e. The van der Waals surface area contributed by atoms with Crippen LogP contribution < -0.4 is 0 Å². The van der Waals surface area contributed by atoms with E-state index in [1.165, 1.54) is 51.4 Å². The maximum absolute atomic E-state index is 2.48. The summed E-state index contributed by atoms with van der Waals surface area (Å²) < 4.78 is 0. The van der Waals surface area contributed by atoms with Crippen molar-refractivity contribution in [2.24, 2.45) is 201 Å². The van der Waals surface area contributed by atoms with Crippen LogP contribution in [0.3, 0.4) is 0 Å². The molecular formula is C72H136. The molecule has 424 valence electrons. The quantitative estimate of drug-likeness (QED) is 0.230. The van der Waals surface area contributed by atoms with E-state index >= 15 is 0 Å². The van der Waals surface area contributed by atoms with E-state index in [4.69, 9.17) is 0 Å². The Balaban J connectivity index is 0.000000183. The minimum atomic E-state index is 0.861. The molecule has 0 heteroatoms. The average Bonchev–Trinajstić information content (AvgIpc) is 3.98. The molecule has 12 rings (SSSR count). The fourth-order valence-corrected chi connectivity index (χ4v) is 19.6. The van der Waals surface area contributed by atoms with Gasteiger partial charge < -0.3 is 0 Å². The van der Waals surface area contributed by atoms with Gasteiger partial charge in [0, 0.05) is 0 Å². The molecule has 0 amide bonds. The molecule has 0 nitrogen and oxygen atoms in total. The Morgan fingerprint density at radius 3 is 0.653 bits per heavy atom. The number of fused-ring (bicyclic) bond motifs is 7. The largest absolute Gasteiger partial charge is 0.0846 e. The highest BCUT2D eigenvalue weighted by Gasteiger charge is 2.51. The number of hydrogen-bond donors (Lipinski definition) is 0. The predicted octanol–water partition coefficient (Wildman–Crippen LogP) is 22.2. The first-order chi connectivity index (χ1) is 33.4. The lowest BCUT2D eigenvalue weighted by molar-refractivity contribution is -0.0466. The second-order valence-corrected chi connectivity index (χ2v) is 31.2. The van der Waals surface area contributed by atoms with Crippen molar-refractivity contribution in [2.45, 2.75) is 245 Å². The van der Waals surface area contributed by atoms with E-state index in [9.17, 15) is 0 Å². The molecule has 12 aliphatic carbocycles. The normalized spacial score (nSPS) is 55.1. The van der Waals surface area contributed by atoms with E-state index in [-0.39, 0.29) is 0 Å². The van der Waals surface area contributed by atoms with Crippen molar-refractivity contribution >= 4 is 0 Å². The van der Waals surface area contributed by atoms with Crippen molar-refractivity contribution < 1.29 is 0 Å². The topological polar surface area (TPSA) is 0 Å². The lowest BCUT2D eigenvalue weighted by atomic mass is 9.52. The average molecular weight is 1000 g/mol. The zero-order valence-electron chi connectivity index (χ0n) is 54.4. The molecule has 10 saturated carbocycles. The van der Waals surface area contributed by atoms with Crippen LogP contribution in [0.2, 0.25) is 0 Å². The Morgan fingerprint density at radius 2 is 0.458 bits per heavy atom. The van der Waals surface area contributed by atoms with Crippen molar-refractivity contribution in [3.63, 3.8) is 0 Å². The summed E-state index contributed by atoms with van der Waals surface area (Å²) in [4.78, 5) is 0. The Hall–Kier alpha value is -0.260. The monoisotopic (exact) mass is 1000 g/mol. The van der Waals surface area contributed by atoms with Crippen LogP contribution in [0.15, 0.2) is 12.2 Å². The van der Waals surface area contributed by atoms with Crippen molar-refractivity contribution in [1.29, 1.82) is 0 Å². The number of rotatable bonds is 1. The molecule has 72 heavy (non-hydrogen) atoms. The molecule has 24 atom stereocenters. The molecule has 0 N–H and O–H groups in total. The summed E-state index contributed by atoms with van der Waals surface area (Å²) in [5, 5.41) is 0. The van der Waals surface area contributed by atoms with Gasteiger partial charge in [-0.1, -0.05) is 212 Å². The van der Waals surface area contributed by atoms with Crippen molar-refractivity contribution in [2.75, 3.05) is 0 Å². The summed E-state index contributed by atoms with van der Waals surface area (Å²) in [5.41, 5.74) is 0. The van der Waals surface area contributed by atoms with Crippen LogP contribution in [0.4, 0.5) is 0 Å². The van der Waals surface area contributed by atoms with Crippen molar-refractivity contribution in [1.82, 2.24) is 0 Å². The fraction of sp³-hybridized carbons (Fsp3) is 0.972. The second kappa shape index (κ2) is 27.6. The molecule has 0 saturated heterocycles. The first-order valence-corrected chi connectivity index (χ1v) is 33.1. The van der Waals surface area contributed by atoms with E-state index in [1.807, 2.05) is 0 Å². The molecular weight excluding hydrogens is 865 g/mol. The van der Waals surface area contributed by atoms with Crippen LogP contribution in [0.1, 0.15) is 245 Å². The highest BCUT2D eigenvalue weighted by Crippen LogP contribution is 2.58. The molecule has 12 aliphatic rings. The molecule has 0 heterocycles. The Morgan fingerprint density at radius 1 is 0.222 bits per heavy atom. The van der Waals surface area contributed by atoms with Crippen molar-refractivity contribution in [3.05, 3.63) is 12.2 Å². The van der Waals surface area contributed by atoms with E-state index in [0.717, 1.165) is 201 Å². The van der Waals surface area contributed by atoms with Gasteiger partial charge in [0.25, 0.3) is 0 Å². The lowest BCUT2D eigenvalue weighted by Gasteiger charge is -2.53. The SMILES string of the molecule is CC1C(C)C(C)C1C.CC1C(C)C2C=CC1C(C)C2C.CC1C(C)C2CC1C(C)C2C.CC1C(C)C2CCC1C(C)C2C.CC1CC(C)C(C)C1C.CC1CC(C)C(C)CC1C.CCC1C(C)CC(C)C1C. The van der Waals surface area contributed by atoms with E-state index < -0.39 is 0 Å². The third-order valence-corrected chi connectivity index (χ3v) is 28.4. The minimum absolute atomic E-state index is 0.861. The van der Waals surface area contributed by atoms with Gasteiger partial charge in [0.2, 0.25) is 0 Å². The molecule has 0 aromatic carbocycles. The molecule has 0 aromatic rings. The Bertz CT molecular complexity index is 1390. The van der Waals surface area contributed by atoms with Crippen LogP contribution in [-0.2, 0) is 0 Å². The summed E-state index contributed by atoms with van der Waals surface area (Å²) >= 11 is 0. The van der Waals surface area contributed by atoms with Gasteiger partial charge in [0.1, 0.15) is 0 Å². The summed E-state index contributed by atoms with van der Waals surface area (Å²) in [7, 11) is 0.